The smallest absolute Gasteiger partial charge is 0.137 e. The fourth-order valence-electron chi connectivity index (χ4n) is 1.95. The van der Waals surface area contributed by atoms with Gasteiger partial charge in [-0.25, -0.2) is 4.98 Å². The van der Waals surface area contributed by atoms with Crippen molar-refractivity contribution in [1.82, 2.24) is 15.3 Å². The number of hydrogen-bond donors (Lipinski definition) is 1. The normalized spacial score (nSPS) is 12.4. The van der Waals surface area contributed by atoms with E-state index in [1.54, 1.807) is 17.5 Å². The lowest BCUT2D eigenvalue weighted by Crippen LogP contribution is -2.22. The van der Waals surface area contributed by atoms with Gasteiger partial charge in [0.25, 0.3) is 0 Å². The summed E-state index contributed by atoms with van der Waals surface area (Å²) in [5, 5.41) is 6.62. The largest absolute Gasteiger partial charge is 0.492 e. The molecule has 2 heterocycles. The number of ether oxygens (including phenoxy) is 1. The van der Waals surface area contributed by atoms with E-state index in [-0.39, 0.29) is 6.04 Å². The topological polar surface area (TPSA) is 47.0 Å². The molecule has 0 aliphatic rings. The van der Waals surface area contributed by atoms with Gasteiger partial charge in [-0.15, -0.1) is 11.3 Å². The van der Waals surface area contributed by atoms with Crippen molar-refractivity contribution >= 4 is 11.3 Å². The van der Waals surface area contributed by atoms with Gasteiger partial charge in [-0.05, 0) is 32.0 Å². The number of rotatable bonds is 6. The van der Waals surface area contributed by atoms with Crippen molar-refractivity contribution in [2.24, 2.45) is 0 Å². The molecule has 0 saturated carbocycles. The fourth-order valence-corrected chi connectivity index (χ4v) is 2.59. The Morgan fingerprint density at radius 1 is 1.37 bits per heavy atom. The first kappa shape index (κ1) is 14.0. The molecule has 2 aromatic rings. The number of nitrogens with one attached hydrogen (secondary N) is 1. The predicted molar refractivity (Wildman–Crippen MR) is 77.8 cm³/mol. The Morgan fingerprint density at radius 3 is 2.84 bits per heavy atom. The summed E-state index contributed by atoms with van der Waals surface area (Å²) in [7, 11) is 0. The monoisotopic (exact) mass is 277 g/mol. The van der Waals surface area contributed by atoms with Crippen molar-refractivity contribution in [2.75, 3.05) is 13.2 Å². The van der Waals surface area contributed by atoms with Crippen LogP contribution in [0.3, 0.4) is 0 Å². The molecule has 0 spiro atoms. The number of pyridine rings is 1. The van der Waals surface area contributed by atoms with Crippen LogP contribution in [0.4, 0.5) is 0 Å². The molecule has 1 N–H and O–H groups in total. The number of aryl methyl sites for hydroxylation is 1. The Kier molecular flexibility index (Phi) is 4.87. The molecular weight excluding hydrogens is 258 g/mol. The van der Waals surface area contributed by atoms with Crippen molar-refractivity contribution in [3.05, 3.63) is 40.1 Å². The number of hydrogen-bond acceptors (Lipinski definition) is 5. The highest BCUT2D eigenvalue weighted by Crippen LogP contribution is 2.25. The third-order valence-electron chi connectivity index (χ3n) is 2.72. The van der Waals surface area contributed by atoms with Gasteiger partial charge in [-0.2, -0.15) is 0 Å². The number of nitrogens with zero attached hydrogens (tertiary/aromatic N) is 2. The van der Waals surface area contributed by atoms with Crippen LogP contribution >= 0.6 is 11.3 Å². The zero-order valence-corrected chi connectivity index (χ0v) is 12.3. The second-order valence-corrected chi connectivity index (χ2v) is 5.23. The van der Waals surface area contributed by atoms with Gasteiger partial charge in [0.05, 0.1) is 29.5 Å². The third-order valence-corrected chi connectivity index (χ3v) is 3.51. The lowest BCUT2D eigenvalue weighted by Gasteiger charge is -2.16. The maximum Gasteiger partial charge on any atom is 0.137 e. The molecule has 0 fully saturated rings. The van der Waals surface area contributed by atoms with Crippen LogP contribution in [-0.2, 0) is 0 Å². The first-order valence-electron chi connectivity index (χ1n) is 6.47. The SMILES string of the molecule is CCNC(c1cncc(OCC)c1)c1csc(C)n1. The highest BCUT2D eigenvalue weighted by atomic mass is 32.1. The Balaban J connectivity index is 2.30. The molecule has 0 aromatic carbocycles. The summed E-state index contributed by atoms with van der Waals surface area (Å²) < 4.78 is 5.51. The molecule has 0 aliphatic carbocycles. The summed E-state index contributed by atoms with van der Waals surface area (Å²) in [6.07, 6.45) is 3.60. The van der Waals surface area contributed by atoms with E-state index in [2.05, 4.69) is 27.6 Å². The van der Waals surface area contributed by atoms with E-state index in [9.17, 15) is 0 Å². The molecule has 4 nitrogen and oxygen atoms in total. The van der Waals surface area contributed by atoms with Crippen LogP contribution in [0, 0.1) is 6.92 Å². The van der Waals surface area contributed by atoms with Crippen LogP contribution in [0.15, 0.2) is 23.8 Å². The molecule has 19 heavy (non-hydrogen) atoms. The van der Waals surface area contributed by atoms with Crippen molar-refractivity contribution in [3.63, 3.8) is 0 Å². The van der Waals surface area contributed by atoms with Gasteiger partial charge >= 0.3 is 0 Å². The zero-order chi connectivity index (χ0) is 13.7. The Bertz CT molecular complexity index is 527. The molecule has 2 rings (SSSR count). The lowest BCUT2D eigenvalue weighted by atomic mass is 10.1. The highest BCUT2D eigenvalue weighted by molar-refractivity contribution is 7.09. The maximum atomic E-state index is 5.51. The molecule has 1 unspecified atom stereocenters. The van der Waals surface area contributed by atoms with Crippen molar-refractivity contribution in [1.29, 1.82) is 0 Å². The van der Waals surface area contributed by atoms with Crippen molar-refractivity contribution in [2.45, 2.75) is 26.8 Å². The van der Waals surface area contributed by atoms with Crippen molar-refractivity contribution in [3.8, 4) is 5.75 Å². The van der Waals surface area contributed by atoms with Gasteiger partial charge in [0.1, 0.15) is 5.75 Å². The minimum absolute atomic E-state index is 0.0721. The second-order valence-electron chi connectivity index (χ2n) is 4.17. The van der Waals surface area contributed by atoms with E-state index in [0.717, 1.165) is 28.6 Å². The van der Waals surface area contributed by atoms with E-state index in [0.29, 0.717) is 6.61 Å². The van der Waals surface area contributed by atoms with Crippen LogP contribution in [0.25, 0.3) is 0 Å². The quantitative estimate of drug-likeness (QED) is 0.882. The molecule has 5 heteroatoms. The number of thiazole rings is 1. The van der Waals surface area contributed by atoms with E-state index < -0.39 is 0 Å². The minimum atomic E-state index is 0.0721. The van der Waals surface area contributed by atoms with Crippen LogP contribution in [0.2, 0.25) is 0 Å². The molecule has 2 aromatic heterocycles. The maximum absolute atomic E-state index is 5.51. The molecule has 0 amide bonds. The molecule has 0 aliphatic heterocycles. The minimum Gasteiger partial charge on any atom is -0.492 e. The molecule has 102 valence electrons. The number of aromatic nitrogens is 2. The third kappa shape index (κ3) is 3.52. The van der Waals surface area contributed by atoms with Gasteiger partial charge in [0, 0.05) is 11.6 Å². The first-order valence-corrected chi connectivity index (χ1v) is 7.35. The van der Waals surface area contributed by atoms with Gasteiger partial charge in [-0.1, -0.05) is 6.92 Å². The highest BCUT2D eigenvalue weighted by Gasteiger charge is 2.16. The summed E-state index contributed by atoms with van der Waals surface area (Å²) >= 11 is 1.66. The first-order chi connectivity index (χ1) is 9.24. The zero-order valence-electron chi connectivity index (χ0n) is 11.5. The Morgan fingerprint density at radius 2 is 2.21 bits per heavy atom. The Labute approximate surface area is 117 Å². The molecule has 1 atom stereocenters. The van der Waals surface area contributed by atoms with E-state index >= 15 is 0 Å². The fraction of sp³-hybridized carbons (Fsp3) is 0.429. The average Bonchev–Trinajstić information content (AvgIpc) is 2.83. The molecular formula is C14H19N3OS. The van der Waals surface area contributed by atoms with Gasteiger partial charge in [0.2, 0.25) is 0 Å². The van der Waals surface area contributed by atoms with Crippen LogP contribution in [0.5, 0.6) is 5.75 Å². The van der Waals surface area contributed by atoms with E-state index in [1.807, 2.05) is 26.1 Å². The van der Waals surface area contributed by atoms with Gasteiger partial charge < -0.3 is 10.1 Å². The summed E-state index contributed by atoms with van der Waals surface area (Å²) in [6, 6.07) is 2.10. The van der Waals surface area contributed by atoms with Crippen LogP contribution < -0.4 is 10.1 Å². The average molecular weight is 277 g/mol. The molecule has 0 radical (unpaired) electrons. The van der Waals surface area contributed by atoms with Gasteiger partial charge in [-0.3, -0.25) is 4.98 Å². The summed E-state index contributed by atoms with van der Waals surface area (Å²) in [5.41, 5.74) is 2.12. The van der Waals surface area contributed by atoms with Crippen LogP contribution in [0.1, 0.15) is 36.2 Å². The van der Waals surface area contributed by atoms with E-state index in [4.69, 9.17) is 4.74 Å². The lowest BCUT2D eigenvalue weighted by molar-refractivity contribution is 0.338. The molecule has 0 bridgehead atoms. The Hall–Kier alpha value is -1.46. The standard InChI is InChI=1S/C14H19N3OS/c1-4-16-14(13-9-19-10(3)17-13)11-6-12(18-5-2)8-15-7-11/h6-9,14,16H,4-5H2,1-3H3. The molecule has 0 saturated heterocycles. The summed E-state index contributed by atoms with van der Waals surface area (Å²) in [6.45, 7) is 7.60. The van der Waals surface area contributed by atoms with Crippen molar-refractivity contribution < 1.29 is 4.74 Å². The van der Waals surface area contributed by atoms with Gasteiger partial charge in [0.15, 0.2) is 0 Å². The second kappa shape index (κ2) is 6.63. The summed E-state index contributed by atoms with van der Waals surface area (Å²) in [4.78, 5) is 8.82. The van der Waals surface area contributed by atoms with E-state index in [1.165, 1.54) is 0 Å². The van der Waals surface area contributed by atoms with Crippen LogP contribution in [-0.4, -0.2) is 23.1 Å². The predicted octanol–water partition coefficient (Wildman–Crippen LogP) is 2.94. The summed E-state index contributed by atoms with van der Waals surface area (Å²) in [5.74, 6) is 0.801.